The molecule has 0 aliphatic carbocycles. The highest BCUT2D eigenvalue weighted by Crippen LogP contribution is 2.40. The van der Waals surface area contributed by atoms with Gasteiger partial charge < -0.3 is 19.6 Å². The highest BCUT2D eigenvalue weighted by atomic mass is 32.1. The molecular weight excluding hydrogens is 671 g/mol. The Balaban J connectivity index is 1.30. The van der Waals surface area contributed by atoms with E-state index in [0.717, 1.165) is 27.8 Å². The zero-order valence-electron chi connectivity index (χ0n) is 28.5. The van der Waals surface area contributed by atoms with Gasteiger partial charge in [0.2, 0.25) is 11.8 Å². The van der Waals surface area contributed by atoms with Crippen LogP contribution in [-0.2, 0) is 29.4 Å². The highest BCUT2D eigenvalue weighted by molar-refractivity contribution is 7.14. The molecule has 1 heterocycles. The number of ether oxygens (including phenoxy) is 2. The molecule has 0 bridgehead atoms. The molecule has 9 heteroatoms. The summed E-state index contributed by atoms with van der Waals surface area (Å²) in [7, 11) is 0. The Morgan fingerprint density at radius 3 is 1.69 bits per heavy atom. The monoisotopic (exact) mass is 707 g/mol. The van der Waals surface area contributed by atoms with Crippen LogP contribution in [-0.4, -0.2) is 35.3 Å². The largest absolute Gasteiger partial charge is 0.457 e. The maximum atomic E-state index is 13.4. The van der Waals surface area contributed by atoms with Gasteiger partial charge in [-0.25, -0.2) is 14.6 Å². The Labute approximate surface area is 307 Å². The van der Waals surface area contributed by atoms with Crippen LogP contribution in [0.1, 0.15) is 46.5 Å². The number of thiazole rings is 1. The zero-order valence-corrected chi connectivity index (χ0v) is 29.3. The van der Waals surface area contributed by atoms with Gasteiger partial charge in [-0.15, -0.1) is 11.3 Å². The molecule has 0 radical (unpaired) electrons. The lowest BCUT2D eigenvalue weighted by atomic mass is 9.77. The number of anilines is 1. The van der Waals surface area contributed by atoms with Gasteiger partial charge in [-0.1, -0.05) is 169 Å². The van der Waals surface area contributed by atoms with Crippen molar-refractivity contribution in [3.8, 4) is 0 Å². The van der Waals surface area contributed by atoms with Crippen molar-refractivity contribution < 1.29 is 23.9 Å². The summed E-state index contributed by atoms with van der Waals surface area (Å²) in [6, 6.07) is 49.2. The van der Waals surface area contributed by atoms with E-state index in [1.165, 1.54) is 24.3 Å². The van der Waals surface area contributed by atoms with E-state index in [2.05, 4.69) is 53.4 Å². The number of rotatable bonds is 15. The van der Waals surface area contributed by atoms with Crippen molar-refractivity contribution in [3.05, 3.63) is 203 Å². The Kier molecular flexibility index (Phi) is 11.7. The number of benzene rings is 5. The molecule has 0 aliphatic heterocycles. The molecule has 0 spiro atoms. The fourth-order valence-corrected chi connectivity index (χ4v) is 6.49. The van der Waals surface area contributed by atoms with Crippen LogP contribution >= 0.6 is 11.3 Å². The molecule has 0 saturated heterocycles. The van der Waals surface area contributed by atoms with Crippen molar-refractivity contribution in [2.24, 2.45) is 5.16 Å². The van der Waals surface area contributed by atoms with Crippen LogP contribution in [0.15, 0.2) is 175 Å². The van der Waals surface area contributed by atoms with E-state index in [1.807, 2.05) is 115 Å². The number of hydrogen-bond acceptors (Lipinski definition) is 9. The molecule has 0 fully saturated rings. The lowest BCUT2D eigenvalue weighted by Crippen LogP contribution is -2.38. The number of hydrogen-bond donors (Lipinski definition) is 1. The van der Waals surface area contributed by atoms with Crippen LogP contribution in [0, 0.1) is 0 Å². The number of carbonyl (C=O) groups excluding carboxylic acids is 2. The van der Waals surface area contributed by atoms with Gasteiger partial charge in [-0.2, -0.15) is 0 Å². The maximum Gasteiger partial charge on any atom is 0.363 e. The fourth-order valence-electron chi connectivity index (χ4n) is 5.74. The number of carbonyl (C=O) groups is 2. The lowest BCUT2D eigenvalue weighted by molar-refractivity contribution is -0.160. The summed E-state index contributed by atoms with van der Waals surface area (Å²) in [6.07, 6.45) is -0.394. The second-order valence-corrected chi connectivity index (χ2v) is 12.6. The van der Waals surface area contributed by atoms with Crippen LogP contribution < -0.4 is 5.32 Å². The normalized spacial score (nSPS) is 12.1. The third-order valence-electron chi connectivity index (χ3n) is 8.26. The molecule has 260 valence electrons. The van der Waals surface area contributed by atoms with E-state index in [9.17, 15) is 9.59 Å². The van der Waals surface area contributed by atoms with Crippen LogP contribution in [0.5, 0.6) is 0 Å². The second kappa shape index (κ2) is 17.1. The van der Waals surface area contributed by atoms with Gasteiger partial charge in [0.25, 0.3) is 0 Å². The van der Waals surface area contributed by atoms with E-state index < -0.39 is 29.7 Å². The van der Waals surface area contributed by atoms with Gasteiger partial charge in [-0.3, -0.25) is 0 Å². The number of esters is 2. The van der Waals surface area contributed by atoms with E-state index in [1.54, 1.807) is 5.38 Å². The van der Waals surface area contributed by atoms with E-state index in [-0.39, 0.29) is 18.0 Å². The number of aromatic nitrogens is 1. The summed E-state index contributed by atoms with van der Waals surface area (Å²) in [6.45, 7) is 5.09. The third kappa shape index (κ3) is 8.17. The lowest BCUT2D eigenvalue weighted by Gasteiger charge is -2.36. The number of nitrogens with zero attached hydrogens (tertiary/aromatic N) is 2. The number of oxime groups is 1. The summed E-state index contributed by atoms with van der Waals surface area (Å²) < 4.78 is 11.3. The van der Waals surface area contributed by atoms with Gasteiger partial charge in [0.1, 0.15) is 17.8 Å². The molecule has 6 aromatic rings. The average Bonchev–Trinajstić information content (AvgIpc) is 3.67. The van der Waals surface area contributed by atoms with Gasteiger partial charge in [0.05, 0.1) is 0 Å². The molecule has 0 amide bonds. The summed E-state index contributed by atoms with van der Waals surface area (Å²) >= 11 is 1.30. The van der Waals surface area contributed by atoms with Crippen molar-refractivity contribution in [1.29, 1.82) is 0 Å². The summed E-state index contributed by atoms with van der Waals surface area (Å²) in [5, 5.41) is 10.0. The first-order valence-corrected chi connectivity index (χ1v) is 17.6. The quantitative estimate of drug-likeness (QED) is 0.0375. The smallest absolute Gasteiger partial charge is 0.363 e. The SMILES string of the molecule is C=CCOC(=O)/C(=N\O[C@@H](C)C(=O)OC(c1ccccc1)c1ccccc1)c1csc(NC(c2ccccc2)(c2ccccc2)c2ccccc2)n1. The first-order chi connectivity index (χ1) is 25.5. The molecular formula is C43H37N3O5S. The Hall–Kier alpha value is -6.32. The second-order valence-electron chi connectivity index (χ2n) is 11.7. The average molecular weight is 708 g/mol. The zero-order chi connectivity index (χ0) is 36.2. The molecule has 8 nitrogen and oxygen atoms in total. The first kappa shape index (κ1) is 35.5. The highest BCUT2D eigenvalue weighted by Gasteiger charge is 2.37. The van der Waals surface area contributed by atoms with Gasteiger partial charge in [0, 0.05) is 5.38 Å². The Morgan fingerprint density at radius 2 is 1.23 bits per heavy atom. The first-order valence-electron chi connectivity index (χ1n) is 16.7. The van der Waals surface area contributed by atoms with E-state index in [0.29, 0.717) is 5.13 Å². The van der Waals surface area contributed by atoms with Crippen molar-refractivity contribution in [3.63, 3.8) is 0 Å². The molecule has 1 atom stereocenters. The van der Waals surface area contributed by atoms with Gasteiger partial charge in [0.15, 0.2) is 11.2 Å². The molecule has 5 aromatic carbocycles. The van der Waals surface area contributed by atoms with Crippen molar-refractivity contribution >= 4 is 34.1 Å². The topological polar surface area (TPSA) is 99.1 Å². The predicted molar refractivity (Wildman–Crippen MR) is 204 cm³/mol. The van der Waals surface area contributed by atoms with Crippen molar-refractivity contribution in [2.45, 2.75) is 24.7 Å². The standard InChI is InChI=1S/C43H37N3O5S/c1-3-29-49-41(48)38(46-51-31(2)40(47)50-39(32-19-9-4-10-20-32)33-21-11-5-12-22-33)37-30-52-42(44-37)45-43(34-23-13-6-14-24-34,35-25-15-7-16-26-35)36-27-17-8-18-28-36/h3-28,30-31,39H,1,29H2,2H3,(H,44,45)/b46-38-/t31-/m0/s1. The minimum Gasteiger partial charge on any atom is -0.457 e. The third-order valence-corrected chi connectivity index (χ3v) is 9.02. The minimum absolute atomic E-state index is 0.0559. The molecule has 0 unspecified atom stereocenters. The Bertz CT molecular complexity index is 1950. The number of nitrogens with one attached hydrogen (secondary N) is 1. The molecule has 6 rings (SSSR count). The van der Waals surface area contributed by atoms with Crippen molar-refractivity contribution in [1.82, 2.24) is 4.98 Å². The fraction of sp³-hybridized carbons (Fsp3) is 0.116. The molecule has 0 aliphatic rings. The van der Waals surface area contributed by atoms with Crippen LogP contribution in [0.25, 0.3) is 0 Å². The molecule has 1 aromatic heterocycles. The van der Waals surface area contributed by atoms with Crippen LogP contribution in [0.2, 0.25) is 0 Å². The predicted octanol–water partition coefficient (Wildman–Crippen LogP) is 8.72. The van der Waals surface area contributed by atoms with E-state index in [4.69, 9.17) is 19.3 Å². The van der Waals surface area contributed by atoms with Gasteiger partial charge in [-0.05, 0) is 34.7 Å². The Morgan fingerprint density at radius 1 is 0.769 bits per heavy atom. The maximum absolute atomic E-state index is 13.4. The minimum atomic E-state index is -1.17. The van der Waals surface area contributed by atoms with Gasteiger partial charge >= 0.3 is 11.9 Å². The molecule has 0 saturated carbocycles. The summed E-state index contributed by atoms with van der Waals surface area (Å²) in [5.41, 5.74) is 3.71. The van der Waals surface area contributed by atoms with Crippen molar-refractivity contribution in [2.75, 3.05) is 11.9 Å². The van der Waals surface area contributed by atoms with Crippen LogP contribution in [0.4, 0.5) is 5.13 Å². The molecule has 52 heavy (non-hydrogen) atoms. The van der Waals surface area contributed by atoms with Crippen LogP contribution in [0.3, 0.4) is 0 Å². The summed E-state index contributed by atoms with van der Waals surface area (Å²) in [4.78, 5) is 37.2. The summed E-state index contributed by atoms with van der Waals surface area (Å²) in [5.74, 6) is -1.46. The van der Waals surface area contributed by atoms with E-state index >= 15 is 0 Å². The molecule has 1 N–H and O–H groups in total.